The van der Waals surface area contributed by atoms with Gasteiger partial charge in [0.15, 0.2) is 0 Å². The molecule has 0 aromatic carbocycles. The Morgan fingerprint density at radius 3 is 2.94 bits per heavy atom. The molecule has 1 saturated heterocycles. The highest BCUT2D eigenvalue weighted by atomic mass is 32.2. The van der Waals surface area contributed by atoms with E-state index < -0.39 is 10.0 Å². The molecule has 0 saturated carbocycles. The zero-order valence-electron chi connectivity index (χ0n) is 10.6. The monoisotopic (exact) mass is 280 g/mol. The van der Waals surface area contributed by atoms with E-state index in [4.69, 9.17) is 0 Å². The summed E-state index contributed by atoms with van der Waals surface area (Å²) in [6, 6.07) is 0. The highest BCUT2D eigenvalue weighted by Gasteiger charge is 2.20. The van der Waals surface area contributed by atoms with Crippen molar-refractivity contribution in [3.63, 3.8) is 0 Å². The first-order valence-electron chi connectivity index (χ1n) is 6.40. The van der Waals surface area contributed by atoms with Crippen LogP contribution >= 0.6 is 11.8 Å². The van der Waals surface area contributed by atoms with Crippen LogP contribution in [-0.2, 0) is 10.0 Å². The molecule has 0 aromatic rings. The molecule has 0 radical (unpaired) electrons. The quantitative estimate of drug-likeness (QED) is 0.653. The molecule has 0 aliphatic carbocycles. The zero-order valence-corrected chi connectivity index (χ0v) is 12.2. The molecule has 4 nitrogen and oxygen atoms in total. The average molecular weight is 280 g/mol. The minimum atomic E-state index is -3.07. The van der Waals surface area contributed by atoms with Gasteiger partial charge in [-0.2, -0.15) is 11.8 Å². The van der Waals surface area contributed by atoms with Crippen LogP contribution in [0.2, 0.25) is 0 Å². The first kappa shape index (κ1) is 15.3. The largest absolute Gasteiger partial charge is 0.316 e. The Balaban J connectivity index is 2.16. The van der Waals surface area contributed by atoms with Crippen molar-refractivity contribution in [2.45, 2.75) is 26.2 Å². The fourth-order valence-corrected chi connectivity index (χ4v) is 4.10. The van der Waals surface area contributed by atoms with Crippen molar-refractivity contribution in [1.82, 2.24) is 10.0 Å². The molecule has 102 valence electrons. The van der Waals surface area contributed by atoms with Gasteiger partial charge in [0.1, 0.15) is 0 Å². The van der Waals surface area contributed by atoms with Gasteiger partial charge in [-0.15, -0.1) is 0 Å². The van der Waals surface area contributed by atoms with Gasteiger partial charge in [0.25, 0.3) is 0 Å². The molecule has 0 amide bonds. The number of piperidine rings is 1. The smallest absolute Gasteiger partial charge is 0.211 e. The van der Waals surface area contributed by atoms with Crippen molar-refractivity contribution in [3.8, 4) is 0 Å². The summed E-state index contributed by atoms with van der Waals surface area (Å²) < 4.78 is 26.3. The Bertz CT molecular complexity index is 288. The van der Waals surface area contributed by atoms with Gasteiger partial charge in [0.05, 0.1) is 5.75 Å². The first-order valence-corrected chi connectivity index (χ1v) is 9.20. The lowest BCUT2D eigenvalue weighted by molar-refractivity contribution is 0.403. The van der Waals surface area contributed by atoms with Gasteiger partial charge in [-0.25, -0.2) is 13.1 Å². The van der Waals surface area contributed by atoms with Crippen LogP contribution in [-0.4, -0.2) is 45.3 Å². The van der Waals surface area contributed by atoms with E-state index in [-0.39, 0.29) is 11.7 Å². The van der Waals surface area contributed by atoms with Crippen molar-refractivity contribution < 1.29 is 8.42 Å². The minimum Gasteiger partial charge on any atom is -0.316 e. The second-order valence-electron chi connectivity index (χ2n) is 4.44. The Kier molecular flexibility index (Phi) is 7.50. The van der Waals surface area contributed by atoms with Crippen molar-refractivity contribution in [2.75, 3.05) is 36.9 Å². The van der Waals surface area contributed by atoms with Crippen LogP contribution in [0.5, 0.6) is 0 Å². The van der Waals surface area contributed by atoms with Gasteiger partial charge in [0.2, 0.25) is 10.0 Å². The van der Waals surface area contributed by atoms with Crippen molar-refractivity contribution in [3.05, 3.63) is 0 Å². The summed E-state index contributed by atoms with van der Waals surface area (Å²) in [5.74, 6) is 2.69. The van der Waals surface area contributed by atoms with E-state index in [1.807, 2.05) is 11.8 Å². The molecule has 1 heterocycles. The third-order valence-electron chi connectivity index (χ3n) is 2.85. The van der Waals surface area contributed by atoms with Crippen LogP contribution in [0.25, 0.3) is 0 Å². The van der Waals surface area contributed by atoms with E-state index in [1.54, 1.807) is 0 Å². The van der Waals surface area contributed by atoms with Crippen molar-refractivity contribution in [1.29, 1.82) is 0 Å². The van der Waals surface area contributed by atoms with Gasteiger partial charge in [-0.1, -0.05) is 6.92 Å². The van der Waals surface area contributed by atoms with Crippen LogP contribution in [0.3, 0.4) is 0 Å². The van der Waals surface area contributed by atoms with Crippen LogP contribution < -0.4 is 10.0 Å². The molecule has 1 fully saturated rings. The minimum absolute atomic E-state index is 0.279. The molecular formula is C11H24N2O2S2. The number of nitrogens with one attached hydrogen (secondary N) is 2. The average Bonchev–Trinajstić information content (AvgIpc) is 2.29. The van der Waals surface area contributed by atoms with Crippen LogP contribution in [0.4, 0.5) is 0 Å². The predicted octanol–water partition coefficient (Wildman–Crippen LogP) is 1.05. The van der Waals surface area contributed by atoms with Gasteiger partial charge >= 0.3 is 0 Å². The normalized spacial score (nSPS) is 21.6. The molecule has 1 rings (SSSR count). The first-order chi connectivity index (χ1) is 8.14. The van der Waals surface area contributed by atoms with E-state index in [0.717, 1.165) is 43.9 Å². The second-order valence-corrected chi connectivity index (χ2v) is 7.68. The third kappa shape index (κ3) is 7.28. The Morgan fingerprint density at radius 1 is 1.47 bits per heavy atom. The van der Waals surface area contributed by atoms with Gasteiger partial charge in [-0.05, 0) is 49.8 Å². The maximum Gasteiger partial charge on any atom is 0.211 e. The van der Waals surface area contributed by atoms with Gasteiger partial charge < -0.3 is 5.32 Å². The van der Waals surface area contributed by atoms with Crippen LogP contribution in [0.15, 0.2) is 0 Å². The van der Waals surface area contributed by atoms with E-state index in [0.29, 0.717) is 6.54 Å². The standard InChI is InChI=1S/C11H24N2O2S2/c1-2-16-8-4-7-13-17(14,15)10-11-5-3-6-12-9-11/h11-13H,2-10H2,1H3. The molecule has 2 N–H and O–H groups in total. The van der Waals surface area contributed by atoms with E-state index in [9.17, 15) is 8.42 Å². The number of hydrogen-bond acceptors (Lipinski definition) is 4. The molecule has 0 spiro atoms. The van der Waals surface area contributed by atoms with E-state index in [2.05, 4.69) is 17.0 Å². The molecule has 0 aromatic heterocycles. The maximum atomic E-state index is 11.8. The lowest BCUT2D eigenvalue weighted by Crippen LogP contribution is -2.37. The SMILES string of the molecule is CCSCCCNS(=O)(=O)CC1CCCNC1. The zero-order chi connectivity index (χ0) is 12.6. The molecular weight excluding hydrogens is 256 g/mol. The van der Waals surface area contributed by atoms with Crippen molar-refractivity contribution in [2.24, 2.45) is 5.92 Å². The number of rotatable bonds is 8. The number of thioether (sulfide) groups is 1. The summed E-state index contributed by atoms with van der Waals surface area (Å²) in [4.78, 5) is 0. The molecule has 1 aliphatic rings. The van der Waals surface area contributed by atoms with Gasteiger partial charge in [0, 0.05) is 6.54 Å². The van der Waals surface area contributed by atoms with Crippen LogP contribution in [0, 0.1) is 5.92 Å². The van der Waals surface area contributed by atoms with E-state index >= 15 is 0 Å². The number of hydrogen-bond donors (Lipinski definition) is 2. The van der Waals surface area contributed by atoms with Gasteiger partial charge in [-0.3, -0.25) is 0 Å². The summed E-state index contributed by atoms with van der Waals surface area (Å²) in [6.07, 6.45) is 3.04. The Labute approximate surface area is 109 Å². The van der Waals surface area contributed by atoms with Crippen molar-refractivity contribution >= 4 is 21.8 Å². The van der Waals surface area contributed by atoms with Crippen LogP contribution in [0.1, 0.15) is 26.2 Å². The topological polar surface area (TPSA) is 58.2 Å². The summed E-state index contributed by atoms with van der Waals surface area (Å²) in [5.41, 5.74) is 0. The Morgan fingerprint density at radius 2 is 2.29 bits per heavy atom. The summed E-state index contributed by atoms with van der Waals surface area (Å²) in [7, 11) is -3.07. The number of sulfonamides is 1. The molecule has 1 atom stereocenters. The molecule has 1 unspecified atom stereocenters. The summed E-state index contributed by atoms with van der Waals surface area (Å²) in [6.45, 7) is 4.56. The lowest BCUT2D eigenvalue weighted by atomic mass is 10.0. The predicted molar refractivity (Wildman–Crippen MR) is 75.0 cm³/mol. The summed E-state index contributed by atoms with van der Waals surface area (Å²) in [5, 5.41) is 3.25. The highest BCUT2D eigenvalue weighted by Crippen LogP contribution is 2.11. The fraction of sp³-hybridized carbons (Fsp3) is 1.00. The fourth-order valence-electron chi connectivity index (χ4n) is 1.98. The lowest BCUT2D eigenvalue weighted by Gasteiger charge is -2.22. The third-order valence-corrected chi connectivity index (χ3v) is 5.39. The molecule has 0 bridgehead atoms. The highest BCUT2D eigenvalue weighted by molar-refractivity contribution is 7.99. The summed E-state index contributed by atoms with van der Waals surface area (Å²) >= 11 is 1.85. The van der Waals surface area contributed by atoms with E-state index in [1.165, 1.54) is 0 Å². The molecule has 6 heteroatoms. The Hall–Kier alpha value is 0.220. The second kappa shape index (κ2) is 8.34. The maximum absolute atomic E-state index is 11.8. The molecule has 17 heavy (non-hydrogen) atoms. The molecule has 1 aliphatic heterocycles.